The van der Waals surface area contributed by atoms with E-state index in [-0.39, 0.29) is 6.61 Å². The fourth-order valence-corrected chi connectivity index (χ4v) is 1.52. The van der Waals surface area contributed by atoms with E-state index in [1.807, 2.05) is 12.3 Å². The molecule has 0 saturated heterocycles. The van der Waals surface area contributed by atoms with Crippen LogP contribution in [0.25, 0.3) is 0 Å². The average molecular weight is 178 g/mol. The number of nitrogens with zero attached hydrogens (tertiary/aromatic N) is 2. The first-order valence-electron chi connectivity index (χ1n) is 4.59. The molecule has 3 nitrogen and oxygen atoms in total. The molecule has 1 aliphatic carbocycles. The molecule has 1 aliphatic rings. The van der Waals surface area contributed by atoms with Crippen LogP contribution < -0.4 is 4.90 Å². The molecule has 1 aromatic rings. The summed E-state index contributed by atoms with van der Waals surface area (Å²) >= 11 is 0. The monoisotopic (exact) mass is 178 g/mol. The van der Waals surface area contributed by atoms with Crippen LogP contribution in [0.15, 0.2) is 18.5 Å². The second kappa shape index (κ2) is 3.34. The summed E-state index contributed by atoms with van der Waals surface area (Å²) < 4.78 is 0. The quantitative estimate of drug-likeness (QED) is 0.754. The van der Waals surface area contributed by atoms with Gasteiger partial charge < -0.3 is 10.0 Å². The van der Waals surface area contributed by atoms with Crippen LogP contribution in [-0.4, -0.2) is 23.2 Å². The molecule has 0 bridgehead atoms. The molecule has 1 fully saturated rings. The van der Waals surface area contributed by atoms with Crippen LogP contribution in [0.1, 0.15) is 18.4 Å². The van der Waals surface area contributed by atoms with Crippen LogP contribution in [0, 0.1) is 0 Å². The van der Waals surface area contributed by atoms with Gasteiger partial charge in [0.1, 0.15) is 0 Å². The van der Waals surface area contributed by atoms with Gasteiger partial charge in [-0.1, -0.05) is 0 Å². The molecule has 0 aromatic carbocycles. The van der Waals surface area contributed by atoms with Crippen LogP contribution >= 0.6 is 0 Å². The van der Waals surface area contributed by atoms with Crippen molar-refractivity contribution in [1.29, 1.82) is 0 Å². The Morgan fingerprint density at radius 3 is 3.00 bits per heavy atom. The maximum atomic E-state index is 9.12. The fraction of sp³-hybridized carbons (Fsp3) is 0.500. The number of anilines is 1. The third kappa shape index (κ3) is 1.65. The lowest BCUT2D eigenvalue weighted by Crippen LogP contribution is -2.21. The first-order chi connectivity index (χ1) is 6.33. The molecule has 3 heteroatoms. The minimum atomic E-state index is 0.0922. The van der Waals surface area contributed by atoms with Crippen LogP contribution in [0.3, 0.4) is 0 Å². The Hall–Kier alpha value is -1.09. The summed E-state index contributed by atoms with van der Waals surface area (Å²) in [6, 6.07) is 2.53. The first kappa shape index (κ1) is 8.51. The Bertz CT molecular complexity index is 297. The summed E-state index contributed by atoms with van der Waals surface area (Å²) in [5, 5.41) is 9.12. The predicted octanol–water partition coefficient (Wildman–Crippen LogP) is 1.17. The topological polar surface area (TPSA) is 36.4 Å². The number of pyridine rings is 1. The van der Waals surface area contributed by atoms with Gasteiger partial charge in [0.2, 0.25) is 0 Å². The SMILES string of the molecule is CN(c1cnccc1CO)C1CC1. The van der Waals surface area contributed by atoms with Crippen molar-refractivity contribution in [3.05, 3.63) is 24.0 Å². The number of hydrogen-bond donors (Lipinski definition) is 1. The molecule has 1 heterocycles. The Kier molecular flexibility index (Phi) is 2.19. The highest BCUT2D eigenvalue weighted by Gasteiger charge is 2.27. The van der Waals surface area contributed by atoms with Crippen molar-refractivity contribution in [1.82, 2.24) is 4.98 Å². The zero-order valence-electron chi connectivity index (χ0n) is 7.77. The molecule has 2 rings (SSSR count). The molecule has 0 unspecified atom stereocenters. The second-order valence-corrected chi connectivity index (χ2v) is 3.50. The van der Waals surface area contributed by atoms with Crippen molar-refractivity contribution in [2.75, 3.05) is 11.9 Å². The largest absolute Gasteiger partial charge is 0.392 e. The lowest BCUT2D eigenvalue weighted by atomic mass is 10.2. The molecule has 0 spiro atoms. The third-order valence-corrected chi connectivity index (χ3v) is 2.53. The van der Waals surface area contributed by atoms with Crippen LogP contribution in [-0.2, 0) is 6.61 Å². The Labute approximate surface area is 78.0 Å². The fourth-order valence-electron chi connectivity index (χ4n) is 1.52. The molecule has 1 aromatic heterocycles. The number of rotatable bonds is 3. The van der Waals surface area contributed by atoms with E-state index in [0.717, 1.165) is 11.3 Å². The van der Waals surface area contributed by atoms with E-state index in [9.17, 15) is 0 Å². The van der Waals surface area contributed by atoms with Crippen LogP contribution in [0.4, 0.5) is 5.69 Å². The Morgan fingerprint density at radius 2 is 2.38 bits per heavy atom. The first-order valence-corrected chi connectivity index (χ1v) is 4.59. The standard InChI is InChI=1S/C10H14N2O/c1-12(9-2-3-9)10-6-11-5-4-8(10)7-13/h4-6,9,13H,2-3,7H2,1H3. The lowest BCUT2D eigenvalue weighted by Gasteiger charge is -2.20. The highest BCUT2D eigenvalue weighted by atomic mass is 16.3. The average Bonchev–Trinajstić information content (AvgIpc) is 3.00. The maximum absolute atomic E-state index is 9.12. The van der Waals surface area contributed by atoms with Crippen molar-refractivity contribution in [3.8, 4) is 0 Å². The van der Waals surface area contributed by atoms with Gasteiger partial charge in [0, 0.05) is 24.8 Å². The van der Waals surface area contributed by atoms with E-state index in [1.165, 1.54) is 12.8 Å². The van der Waals surface area contributed by atoms with Gasteiger partial charge >= 0.3 is 0 Å². The van der Waals surface area contributed by atoms with Gasteiger partial charge in [0.15, 0.2) is 0 Å². The maximum Gasteiger partial charge on any atom is 0.0703 e. The molecule has 1 N–H and O–H groups in total. The number of aliphatic hydroxyl groups excluding tert-OH is 1. The van der Waals surface area contributed by atoms with Crippen LogP contribution in [0.2, 0.25) is 0 Å². The molecular weight excluding hydrogens is 164 g/mol. The van der Waals surface area contributed by atoms with Crippen molar-refractivity contribution in [2.45, 2.75) is 25.5 Å². The summed E-state index contributed by atoms with van der Waals surface area (Å²) in [6.45, 7) is 0.0922. The summed E-state index contributed by atoms with van der Waals surface area (Å²) in [5.41, 5.74) is 2.02. The summed E-state index contributed by atoms with van der Waals surface area (Å²) in [6.07, 6.45) is 6.06. The molecule has 13 heavy (non-hydrogen) atoms. The van der Waals surface area contributed by atoms with Gasteiger partial charge in [-0.2, -0.15) is 0 Å². The zero-order valence-corrected chi connectivity index (χ0v) is 7.77. The lowest BCUT2D eigenvalue weighted by molar-refractivity contribution is 0.282. The van der Waals surface area contributed by atoms with Gasteiger partial charge in [0.25, 0.3) is 0 Å². The molecule has 0 amide bonds. The smallest absolute Gasteiger partial charge is 0.0703 e. The minimum Gasteiger partial charge on any atom is -0.392 e. The highest BCUT2D eigenvalue weighted by Crippen LogP contribution is 2.31. The van der Waals surface area contributed by atoms with E-state index in [0.29, 0.717) is 6.04 Å². The Morgan fingerprint density at radius 1 is 1.62 bits per heavy atom. The van der Waals surface area contributed by atoms with E-state index in [1.54, 1.807) is 6.20 Å². The van der Waals surface area contributed by atoms with Crippen molar-refractivity contribution < 1.29 is 5.11 Å². The van der Waals surface area contributed by atoms with Gasteiger partial charge in [-0.15, -0.1) is 0 Å². The van der Waals surface area contributed by atoms with Gasteiger partial charge in [-0.05, 0) is 18.9 Å². The van der Waals surface area contributed by atoms with Gasteiger partial charge in [0.05, 0.1) is 18.5 Å². The van der Waals surface area contributed by atoms with Gasteiger partial charge in [-0.25, -0.2) is 0 Å². The normalized spacial score (nSPS) is 15.8. The highest BCUT2D eigenvalue weighted by molar-refractivity contribution is 5.52. The molecule has 0 radical (unpaired) electrons. The van der Waals surface area contributed by atoms with E-state index >= 15 is 0 Å². The molecule has 1 saturated carbocycles. The van der Waals surface area contributed by atoms with Crippen molar-refractivity contribution in [3.63, 3.8) is 0 Å². The van der Waals surface area contributed by atoms with E-state index in [4.69, 9.17) is 5.11 Å². The molecule has 0 aliphatic heterocycles. The third-order valence-electron chi connectivity index (χ3n) is 2.53. The zero-order chi connectivity index (χ0) is 9.26. The Balaban J connectivity index is 2.26. The van der Waals surface area contributed by atoms with E-state index < -0.39 is 0 Å². The molecule has 0 atom stereocenters. The van der Waals surface area contributed by atoms with Crippen molar-refractivity contribution in [2.24, 2.45) is 0 Å². The summed E-state index contributed by atoms with van der Waals surface area (Å²) in [5.74, 6) is 0. The van der Waals surface area contributed by atoms with Crippen LogP contribution in [0.5, 0.6) is 0 Å². The van der Waals surface area contributed by atoms with Gasteiger partial charge in [-0.3, -0.25) is 4.98 Å². The summed E-state index contributed by atoms with van der Waals surface area (Å²) in [7, 11) is 2.06. The molecule has 70 valence electrons. The predicted molar refractivity (Wildman–Crippen MR) is 51.6 cm³/mol. The van der Waals surface area contributed by atoms with E-state index in [2.05, 4.69) is 16.9 Å². The number of aromatic nitrogens is 1. The number of aliphatic hydroxyl groups is 1. The number of hydrogen-bond acceptors (Lipinski definition) is 3. The summed E-state index contributed by atoms with van der Waals surface area (Å²) in [4.78, 5) is 6.28. The van der Waals surface area contributed by atoms with Crippen molar-refractivity contribution >= 4 is 5.69 Å². The minimum absolute atomic E-state index is 0.0922. The molecular formula is C10H14N2O. The second-order valence-electron chi connectivity index (χ2n) is 3.50.